The number of nitrogens with zero attached hydrogens (tertiary/aromatic N) is 1. The Balaban J connectivity index is 1.96. The van der Waals surface area contributed by atoms with Crippen LogP contribution in [0.2, 0.25) is 0 Å². The lowest BCUT2D eigenvalue weighted by molar-refractivity contribution is -0.122. The zero-order valence-electron chi connectivity index (χ0n) is 17.6. The second kappa shape index (κ2) is 9.78. The predicted octanol–water partition coefficient (Wildman–Crippen LogP) is 4.12. The summed E-state index contributed by atoms with van der Waals surface area (Å²) in [5.74, 6) is 1.34. The van der Waals surface area contributed by atoms with Crippen molar-refractivity contribution in [2.24, 2.45) is 0 Å². The third-order valence-corrected chi connectivity index (χ3v) is 5.05. The molecule has 30 heavy (non-hydrogen) atoms. The molecule has 0 aliphatic heterocycles. The average molecular weight is 406 g/mol. The van der Waals surface area contributed by atoms with Crippen LogP contribution in [0.15, 0.2) is 66.9 Å². The maximum Gasteiger partial charge on any atom is 0.228 e. The van der Waals surface area contributed by atoms with Crippen LogP contribution in [-0.2, 0) is 4.79 Å². The summed E-state index contributed by atoms with van der Waals surface area (Å²) in [6.07, 6.45) is 1.66. The molecule has 2 aromatic carbocycles. The van der Waals surface area contributed by atoms with E-state index in [1.807, 2.05) is 61.5 Å². The Morgan fingerprint density at radius 3 is 1.87 bits per heavy atom. The number of amides is 1. The van der Waals surface area contributed by atoms with Gasteiger partial charge in [0.1, 0.15) is 11.5 Å². The zero-order valence-corrected chi connectivity index (χ0v) is 17.6. The summed E-state index contributed by atoms with van der Waals surface area (Å²) in [4.78, 5) is 17.4. The minimum atomic E-state index is -0.446. The van der Waals surface area contributed by atoms with E-state index in [0.717, 1.165) is 16.7 Å². The Labute approximate surface area is 176 Å². The number of hydrogen-bond donors (Lipinski definition) is 1. The minimum absolute atomic E-state index is 0.135. The highest BCUT2D eigenvalue weighted by Crippen LogP contribution is 2.35. The molecule has 0 aliphatic rings. The predicted molar refractivity (Wildman–Crippen MR) is 115 cm³/mol. The molecule has 0 bridgehead atoms. The second-order valence-electron chi connectivity index (χ2n) is 6.78. The molecule has 1 unspecified atom stereocenters. The van der Waals surface area contributed by atoms with Crippen molar-refractivity contribution in [3.8, 4) is 17.4 Å². The molecule has 3 rings (SSSR count). The highest BCUT2D eigenvalue weighted by Gasteiger charge is 2.26. The molecule has 6 heteroatoms. The Kier molecular flexibility index (Phi) is 6.91. The van der Waals surface area contributed by atoms with Crippen molar-refractivity contribution < 1.29 is 19.0 Å². The number of rotatable bonds is 8. The molecule has 1 amide bonds. The number of carbonyl (C=O) groups is 1. The molecular formula is C24H26N2O4. The van der Waals surface area contributed by atoms with Gasteiger partial charge in [-0.3, -0.25) is 4.79 Å². The summed E-state index contributed by atoms with van der Waals surface area (Å²) in [6.45, 7) is 1.85. The van der Waals surface area contributed by atoms with Gasteiger partial charge >= 0.3 is 0 Å². The van der Waals surface area contributed by atoms with Crippen LogP contribution < -0.4 is 19.5 Å². The van der Waals surface area contributed by atoms with Gasteiger partial charge in [-0.25, -0.2) is 4.98 Å². The molecule has 0 saturated carbocycles. The quantitative estimate of drug-likeness (QED) is 0.609. The lowest BCUT2D eigenvalue weighted by Crippen LogP contribution is -2.33. The lowest BCUT2D eigenvalue weighted by Gasteiger charge is -2.25. The van der Waals surface area contributed by atoms with Crippen molar-refractivity contribution in [1.29, 1.82) is 0 Å². The molecule has 6 nitrogen and oxygen atoms in total. The third kappa shape index (κ3) is 4.54. The van der Waals surface area contributed by atoms with Crippen molar-refractivity contribution >= 4 is 5.91 Å². The fourth-order valence-electron chi connectivity index (χ4n) is 3.32. The number of hydrogen-bond acceptors (Lipinski definition) is 5. The number of methoxy groups -OCH3 is 3. The molecule has 156 valence electrons. The molecule has 0 aliphatic carbocycles. The molecule has 1 aromatic heterocycles. The van der Waals surface area contributed by atoms with Crippen LogP contribution in [0.5, 0.6) is 17.4 Å². The van der Waals surface area contributed by atoms with Crippen molar-refractivity contribution in [1.82, 2.24) is 10.3 Å². The van der Waals surface area contributed by atoms with Crippen LogP contribution in [0.25, 0.3) is 0 Å². The van der Waals surface area contributed by atoms with E-state index in [-0.39, 0.29) is 5.91 Å². The summed E-state index contributed by atoms with van der Waals surface area (Å²) in [5.41, 5.74) is 2.49. The Morgan fingerprint density at radius 2 is 1.40 bits per heavy atom. The maximum absolute atomic E-state index is 13.2. The molecular weight excluding hydrogens is 380 g/mol. The molecule has 0 spiro atoms. The fourth-order valence-corrected chi connectivity index (χ4v) is 3.32. The van der Waals surface area contributed by atoms with Gasteiger partial charge in [0.2, 0.25) is 11.8 Å². The molecule has 0 saturated heterocycles. The molecule has 0 fully saturated rings. The van der Waals surface area contributed by atoms with E-state index in [4.69, 9.17) is 14.2 Å². The number of benzene rings is 2. The van der Waals surface area contributed by atoms with Gasteiger partial charge in [0, 0.05) is 23.4 Å². The summed E-state index contributed by atoms with van der Waals surface area (Å²) in [5, 5.41) is 3.17. The van der Waals surface area contributed by atoms with Crippen molar-refractivity contribution in [3.63, 3.8) is 0 Å². The van der Waals surface area contributed by atoms with Crippen LogP contribution in [0.4, 0.5) is 0 Å². The summed E-state index contributed by atoms with van der Waals surface area (Å²) in [6, 6.07) is 18.4. The van der Waals surface area contributed by atoms with E-state index in [0.29, 0.717) is 17.4 Å². The van der Waals surface area contributed by atoms with Crippen LogP contribution in [-0.4, -0.2) is 32.2 Å². The molecule has 0 radical (unpaired) electrons. The SMILES string of the molecule is COc1ccc(C(C)C(=O)NC(c2ccccc2OC)c2ccccc2OC)cn1. The largest absolute Gasteiger partial charge is 0.496 e. The van der Waals surface area contributed by atoms with Gasteiger partial charge in [0.05, 0.1) is 33.3 Å². The molecule has 1 heterocycles. The molecule has 1 N–H and O–H groups in total. The Morgan fingerprint density at radius 1 is 0.833 bits per heavy atom. The van der Waals surface area contributed by atoms with Crippen LogP contribution >= 0.6 is 0 Å². The fraction of sp³-hybridized carbons (Fsp3) is 0.250. The van der Waals surface area contributed by atoms with E-state index < -0.39 is 12.0 Å². The second-order valence-corrected chi connectivity index (χ2v) is 6.78. The van der Waals surface area contributed by atoms with Crippen LogP contribution in [0.3, 0.4) is 0 Å². The number of carbonyl (C=O) groups excluding carboxylic acids is 1. The van der Waals surface area contributed by atoms with Crippen LogP contribution in [0, 0.1) is 0 Å². The summed E-state index contributed by atoms with van der Waals surface area (Å²) >= 11 is 0. The van der Waals surface area contributed by atoms with Crippen LogP contribution in [0.1, 0.15) is 35.6 Å². The average Bonchev–Trinajstić information content (AvgIpc) is 2.82. The normalized spacial score (nSPS) is 11.6. The first-order chi connectivity index (χ1) is 14.6. The first kappa shape index (κ1) is 21.2. The smallest absolute Gasteiger partial charge is 0.228 e. The first-order valence-corrected chi connectivity index (χ1v) is 9.65. The van der Waals surface area contributed by atoms with E-state index in [1.165, 1.54) is 0 Å². The number of nitrogens with one attached hydrogen (secondary N) is 1. The number of aromatic nitrogens is 1. The zero-order chi connectivity index (χ0) is 21.5. The topological polar surface area (TPSA) is 69.7 Å². The monoisotopic (exact) mass is 406 g/mol. The number of para-hydroxylation sites is 2. The molecule has 1 atom stereocenters. The highest BCUT2D eigenvalue weighted by molar-refractivity contribution is 5.84. The molecule has 3 aromatic rings. The van der Waals surface area contributed by atoms with Gasteiger partial charge in [-0.1, -0.05) is 42.5 Å². The van der Waals surface area contributed by atoms with E-state index in [1.54, 1.807) is 33.6 Å². The van der Waals surface area contributed by atoms with Gasteiger partial charge < -0.3 is 19.5 Å². The van der Waals surface area contributed by atoms with Gasteiger partial charge in [0.25, 0.3) is 0 Å². The minimum Gasteiger partial charge on any atom is -0.496 e. The number of pyridine rings is 1. The van der Waals surface area contributed by atoms with Crippen molar-refractivity contribution in [2.75, 3.05) is 21.3 Å². The lowest BCUT2D eigenvalue weighted by atomic mass is 9.95. The van der Waals surface area contributed by atoms with Gasteiger partial charge in [-0.05, 0) is 24.6 Å². The Hall–Kier alpha value is -3.54. The third-order valence-electron chi connectivity index (χ3n) is 5.05. The van der Waals surface area contributed by atoms with Gasteiger partial charge in [-0.2, -0.15) is 0 Å². The van der Waals surface area contributed by atoms with Gasteiger partial charge in [-0.15, -0.1) is 0 Å². The van der Waals surface area contributed by atoms with E-state index in [2.05, 4.69) is 10.3 Å². The highest BCUT2D eigenvalue weighted by atomic mass is 16.5. The van der Waals surface area contributed by atoms with Crippen molar-refractivity contribution in [3.05, 3.63) is 83.6 Å². The van der Waals surface area contributed by atoms with E-state index in [9.17, 15) is 4.79 Å². The standard InChI is InChI=1S/C24H26N2O4/c1-16(17-13-14-22(30-4)25-15-17)24(27)26-23(18-9-5-7-11-20(18)28-2)19-10-6-8-12-21(19)29-3/h5-16,23H,1-4H3,(H,26,27). The summed E-state index contributed by atoms with van der Waals surface area (Å²) < 4.78 is 16.2. The maximum atomic E-state index is 13.2. The first-order valence-electron chi connectivity index (χ1n) is 9.65. The number of ether oxygens (including phenoxy) is 3. The van der Waals surface area contributed by atoms with Gasteiger partial charge in [0.15, 0.2) is 0 Å². The van der Waals surface area contributed by atoms with E-state index >= 15 is 0 Å². The Bertz CT molecular complexity index is 941. The van der Waals surface area contributed by atoms with Crippen molar-refractivity contribution in [2.45, 2.75) is 18.9 Å². The summed E-state index contributed by atoms with van der Waals surface area (Å²) in [7, 11) is 4.79.